The highest BCUT2D eigenvalue weighted by atomic mass is 79.9. The summed E-state index contributed by atoms with van der Waals surface area (Å²) in [7, 11) is 1.64. The van der Waals surface area contributed by atoms with Gasteiger partial charge in [0, 0.05) is 20.7 Å². The van der Waals surface area contributed by atoms with Crippen molar-refractivity contribution in [2.24, 2.45) is 0 Å². The minimum Gasteiger partial charge on any atom is -0.496 e. The van der Waals surface area contributed by atoms with Crippen molar-refractivity contribution in [2.75, 3.05) is 7.11 Å². The number of ether oxygens (including phenoxy) is 1. The topological polar surface area (TPSA) is 46.5 Å². The standard InChI is InChI=1S/C16H15BrO3S/c1-10-3-6-14(20-2)11(7-10)9-21-15-8-12(17)4-5-13(15)16(18)19/h3-8H,9H2,1-2H3,(H,18,19). The SMILES string of the molecule is COc1ccc(C)cc1CSc1cc(Br)ccc1C(=O)O. The van der Waals surface area contributed by atoms with Gasteiger partial charge in [-0.15, -0.1) is 11.8 Å². The van der Waals surface area contributed by atoms with Gasteiger partial charge < -0.3 is 9.84 Å². The molecule has 0 saturated carbocycles. The fourth-order valence-electron chi connectivity index (χ4n) is 1.97. The quantitative estimate of drug-likeness (QED) is 0.775. The third-order valence-electron chi connectivity index (χ3n) is 2.99. The average Bonchev–Trinajstić information content (AvgIpc) is 2.45. The molecule has 0 aliphatic heterocycles. The number of aryl methyl sites for hydroxylation is 1. The molecule has 110 valence electrons. The van der Waals surface area contributed by atoms with E-state index in [4.69, 9.17) is 4.74 Å². The van der Waals surface area contributed by atoms with Gasteiger partial charge in [-0.1, -0.05) is 33.6 Å². The molecular formula is C16H15BrO3S. The summed E-state index contributed by atoms with van der Waals surface area (Å²) in [5, 5.41) is 9.25. The maximum atomic E-state index is 11.3. The zero-order chi connectivity index (χ0) is 15.4. The Kier molecular flexibility index (Phi) is 5.31. The summed E-state index contributed by atoms with van der Waals surface area (Å²) in [5.74, 6) is 0.558. The Morgan fingerprint density at radius 1 is 1.29 bits per heavy atom. The molecule has 0 aromatic heterocycles. The molecule has 0 radical (unpaired) electrons. The number of benzene rings is 2. The predicted octanol–water partition coefficient (Wildman–Crippen LogP) is 4.76. The first-order valence-electron chi connectivity index (χ1n) is 6.30. The van der Waals surface area contributed by atoms with Gasteiger partial charge in [0.05, 0.1) is 12.7 Å². The minimum absolute atomic E-state index is 0.315. The Hall–Kier alpha value is -1.46. The monoisotopic (exact) mass is 366 g/mol. The van der Waals surface area contributed by atoms with Gasteiger partial charge in [0.15, 0.2) is 0 Å². The molecule has 2 rings (SSSR count). The number of methoxy groups -OCH3 is 1. The van der Waals surface area contributed by atoms with Crippen molar-refractivity contribution in [1.82, 2.24) is 0 Å². The maximum absolute atomic E-state index is 11.3. The Morgan fingerprint density at radius 3 is 2.71 bits per heavy atom. The van der Waals surface area contributed by atoms with Crippen LogP contribution in [0.1, 0.15) is 21.5 Å². The van der Waals surface area contributed by atoms with Crippen LogP contribution in [0.4, 0.5) is 0 Å². The second kappa shape index (κ2) is 7.00. The minimum atomic E-state index is -0.916. The molecule has 5 heteroatoms. The molecule has 1 N–H and O–H groups in total. The van der Waals surface area contributed by atoms with Crippen LogP contribution in [-0.2, 0) is 5.75 Å². The summed E-state index contributed by atoms with van der Waals surface area (Å²) >= 11 is 4.87. The largest absolute Gasteiger partial charge is 0.496 e. The van der Waals surface area contributed by atoms with Crippen LogP contribution in [0.3, 0.4) is 0 Å². The van der Waals surface area contributed by atoms with Crippen LogP contribution in [0, 0.1) is 6.92 Å². The van der Waals surface area contributed by atoms with E-state index in [1.165, 1.54) is 11.8 Å². The number of carbonyl (C=O) groups is 1. The number of carboxylic acids is 1. The summed E-state index contributed by atoms with van der Waals surface area (Å²) in [6, 6.07) is 11.2. The number of rotatable bonds is 5. The molecule has 0 atom stereocenters. The lowest BCUT2D eigenvalue weighted by molar-refractivity contribution is 0.0693. The summed E-state index contributed by atoms with van der Waals surface area (Å²) in [5.41, 5.74) is 2.52. The highest BCUT2D eigenvalue weighted by Crippen LogP contribution is 2.32. The van der Waals surface area contributed by atoms with Crippen molar-refractivity contribution in [3.8, 4) is 5.75 Å². The molecule has 0 fully saturated rings. The van der Waals surface area contributed by atoms with Crippen molar-refractivity contribution in [2.45, 2.75) is 17.6 Å². The van der Waals surface area contributed by atoms with E-state index in [0.29, 0.717) is 11.3 Å². The molecule has 0 amide bonds. The van der Waals surface area contributed by atoms with Gasteiger partial charge in [-0.25, -0.2) is 4.79 Å². The summed E-state index contributed by atoms with van der Waals surface area (Å²) in [6.07, 6.45) is 0. The van der Waals surface area contributed by atoms with Crippen molar-refractivity contribution in [1.29, 1.82) is 0 Å². The molecule has 0 spiro atoms. The fourth-order valence-corrected chi connectivity index (χ4v) is 3.54. The maximum Gasteiger partial charge on any atom is 0.336 e. The lowest BCUT2D eigenvalue weighted by Crippen LogP contribution is -1.99. The smallest absolute Gasteiger partial charge is 0.336 e. The van der Waals surface area contributed by atoms with Gasteiger partial charge >= 0.3 is 5.97 Å². The van der Waals surface area contributed by atoms with E-state index in [1.54, 1.807) is 19.2 Å². The number of hydrogen-bond donors (Lipinski definition) is 1. The summed E-state index contributed by atoms with van der Waals surface area (Å²) < 4.78 is 6.22. The third-order valence-corrected chi connectivity index (χ3v) is 4.59. The lowest BCUT2D eigenvalue weighted by Gasteiger charge is -2.11. The molecule has 21 heavy (non-hydrogen) atoms. The summed E-state index contributed by atoms with van der Waals surface area (Å²) in [4.78, 5) is 12.0. The molecular weight excluding hydrogens is 352 g/mol. The zero-order valence-corrected chi connectivity index (χ0v) is 14.1. The van der Waals surface area contributed by atoms with E-state index in [1.807, 2.05) is 25.1 Å². The van der Waals surface area contributed by atoms with Crippen LogP contribution >= 0.6 is 27.7 Å². The van der Waals surface area contributed by atoms with Crippen LogP contribution in [-0.4, -0.2) is 18.2 Å². The lowest BCUT2D eigenvalue weighted by atomic mass is 10.1. The van der Waals surface area contributed by atoms with E-state index in [0.717, 1.165) is 26.2 Å². The summed E-state index contributed by atoms with van der Waals surface area (Å²) in [6.45, 7) is 2.02. The Bertz CT molecular complexity index is 671. The molecule has 0 heterocycles. The number of hydrogen-bond acceptors (Lipinski definition) is 3. The van der Waals surface area contributed by atoms with Gasteiger partial charge in [-0.2, -0.15) is 0 Å². The van der Waals surface area contributed by atoms with E-state index in [-0.39, 0.29) is 0 Å². The Labute approximate surface area is 136 Å². The molecule has 0 unspecified atom stereocenters. The molecule has 0 aliphatic rings. The van der Waals surface area contributed by atoms with Crippen molar-refractivity contribution in [3.05, 3.63) is 57.6 Å². The molecule has 0 bridgehead atoms. The van der Waals surface area contributed by atoms with Crippen LogP contribution in [0.2, 0.25) is 0 Å². The molecule has 0 saturated heterocycles. The number of aromatic carboxylic acids is 1. The second-order valence-corrected chi connectivity index (χ2v) is 6.48. The fraction of sp³-hybridized carbons (Fsp3) is 0.188. The van der Waals surface area contributed by atoms with Crippen LogP contribution < -0.4 is 4.74 Å². The van der Waals surface area contributed by atoms with Crippen LogP contribution in [0.15, 0.2) is 45.8 Å². The first-order valence-corrected chi connectivity index (χ1v) is 8.08. The zero-order valence-electron chi connectivity index (χ0n) is 11.7. The number of thioether (sulfide) groups is 1. The van der Waals surface area contributed by atoms with Crippen molar-refractivity contribution < 1.29 is 14.6 Å². The number of halogens is 1. The van der Waals surface area contributed by atoms with E-state index in [2.05, 4.69) is 22.0 Å². The molecule has 2 aromatic carbocycles. The van der Waals surface area contributed by atoms with E-state index in [9.17, 15) is 9.90 Å². The van der Waals surface area contributed by atoms with Crippen LogP contribution in [0.5, 0.6) is 5.75 Å². The van der Waals surface area contributed by atoms with Gasteiger partial charge in [0.1, 0.15) is 5.75 Å². The van der Waals surface area contributed by atoms with Gasteiger partial charge in [-0.05, 0) is 31.2 Å². The van der Waals surface area contributed by atoms with E-state index >= 15 is 0 Å². The first kappa shape index (κ1) is 15.9. The van der Waals surface area contributed by atoms with Gasteiger partial charge in [0.25, 0.3) is 0 Å². The normalized spacial score (nSPS) is 10.4. The molecule has 0 aliphatic carbocycles. The number of carboxylic acid groups (broad SMARTS) is 1. The first-order chi connectivity index (χ1) is 10.0. The average molecular weight is 367 g/mol. The van der Waals surface area contributed by atoms with Gasteiger partial charge in [-0.3, -0.25) is 0 Å². The Balaban J connectivity index is 2.26. The predicted molar refractivity (Wildman–Crippen MR) is 88.4 cm³/mol. The molecule has 3 nitrogen and oxygen atoms in total. The van der Waals surface area contributed by atoms with Crippen LogP contribution in [0.25, 0.3) is 0 Å². The van der Waals surface area contributed by atoms with E-state index < -0.39 is 5.97 Å². The second-order valence-electron chi connectivity index (χ2n) is 4.55. The van der Waals surface area contributed by atoms with Crippen molar-refractivity contribution >= 4 is 33.7 Å². The Morgan fingerprint density at radius 2 is 2.05 bits per heavy atom. The van der Waals surface area contributed by atoms with Gasteiger partial charge in [0.2, 0.25) is 0 Å². The third kappa shape index (κ3) is 4.02. The molecule has 2 aromatic rings. The van der Waals surface area contributed by atoms with Crippen molar-refractivity contribution in [3.63, 3.8) is 0 Å². The highest BCUT2D eigenvalue weighted by Gasteiger charge is 2.12. The highest BCUT2D eigenvalue weighted by molar-refractivity contribution is 9.10.